The minimum absolute atomic E-state index is 0.162. The molecular weight excluding hydrogens is 360 g/mol. The molecule has 0 atom stereocenters. The molecule has 0 spiro atoms. The van der Waals surface area contributed by atoms with E-state index in [1.54, 1.807) is 24.3 Å². The van der Waals surface area contributed by atoms with E-state index < -0.39 is 0 Å². The smallest absolute Gasteiger partial charge is 0.227 e. The molecule has 0 aliphatic rings. The molecule has 0 unspecified atom stereocenters. The topological polar surface area (TPSA) is 58.6 Å². The van der Waals surface area contributed by atoms with Gasteiger partial charge in [0.1, 0.15) is 11.3 Å². The minimum atomic E-state index is 0.162. The SMILES string of the molecule is C/C=C\CC(=NCC)c1ccc(-c2nc3cc(Cl)ccc3o2)cc1O.CC. The van der Waals surface area contributed by atoms with E-state index in [4.69, 9.17) is 16.0 Å². The quantitative estimate of drug-likeness (QED) is 0.395. The number of oxazole rings is 1. The van der Waals surface area contributed by atoms with Crippen molar-refractivity contribution in [2.24, 2.45) is 4.99 Å². The fourth-order valence-electron chi connectivity index (χ4n) is 2.61. The first kappa shape index (κ1) is 20.7. The summed E-state index contributed by atoms with van der Waals surface area (Å²) in [5.74, 6) is 0.607. The molecule has 0 saturated carbocycles. The maximum Gasteiger partial charge on any atom is 0.227 e. The molecule has 3 rings (SSSR count). The van der Waals surface area contributed by atoms with Gasteiger partial charge in [-0.3, -0.25) is 4.99 Å². The number of halogens is 1. The number of allylic oxidation sites excluding steroid dienone is 2. The molecule has 0 aliphatic heterocycles. The van der Waals surface area contributed by atoms with E-state index in [2.05, 4.69) is 9.98 Å². The van der Waals surface area contributed by atoms with Crippen molar-refractivity contribution in [1.29, 1.82) is 0 Å². The van der Waals surface area contributed by atoms with Crippen molar-refractivity contribution < 1.29 is 9.52 Å². The van der Waals surface area contributed by atoms with E-state index in [1.165, 1.54) is 0 Å². The first-order valence-electron chi connectivity index (χ1n) is 9.16. The highest BCUT2D eigenvalue weighted by Gasteiger charge is 2.13. The Balaban J connectivity index is 0.00000126. The summed E-state index contributed by atoms with van der Waals surface area (Å²) in [5, 5.41) is 11.1. The normalized spacial score (nSPS) is 11.7. The van der Waals surface area contributed by atoms with Gasteiger partial charge in [-0.2, -0.15) is 0 Å². The third-order valence-electron chi connectivity index (χ3n) is 3.80. The fraction of sp³-hybridized carbons (Fsp3) is 0.273. The van der Waals surface area contributed by atoms with Gasteiger partial charge in [0.15, 0.2) is 5.58 Å². The maximum absolute atomic E-state index is 10.5. The van der Waals surface area contributed by atoms with Crippen LogP contribution in [0.4, 0.5) is 0 Å². The summed E-state index contributed by atoms with van der Waals surface area (Å²) in [4.78, 5) is 8.93. The largest absolute Gasteiger partial charge is 0.507 e. The van der Waals surface area contributed by atoms with Crippen molar-refractivity contribution >= 4 is 28.4 Å². The summed E-state index contributed by atoms with van der Waals surface area (Å²) in [6.07, 6.45) is 4.67. The van der Waals surface area contributed by atoms with Gasteiger partial charge in [-0.25, -0.2) is 4.98 Å². The van der Waals surface area contributed by atoms with E-state index in [9.17, 15) is 5.11 Å². The highest BCUT2D eigenvalue weighted by molar-refractivity contribution is 6.31. The lowest BCUT2D eigenvalue weighted by molar-refractivity contribution is 0.474. The van der Waals surface area contributed by atoms with E-state index in [0.29, 0.717) is 40.5 Å². The number of nitrogens with zero attached hydrogens (tertiary/aromatic N) is 2. The monoisotopic (exact) mass is 384 g/mol. The lowest BCUT2D eigenvalue weighted by Gasteiger charge is -2.08. The average molecular weight is 385 g/mol. The number of hydrogen-bond acceptors (Lipinski definition) is 4. The molecule has 3 aromatic rings. The summed E-state index contributed by atoms with van der Waals surface area (Å²) in [6.45, 7) is 8.61. The van der Waals surface area contributed by atoms with Crippen LogP contribution in [0.5, 0.6) is 5.75 Å². The second kappa shape index (κ2) is 9.93. The van der Waals surface area contributed by atoms with Crippen LogP contribution in [0.15, 0.2) is 58.0 Å². The fourth-order valence-corrected chi connectivity index (χ4v) is 2.78. The number of rotatable bonds is 5. The highest BCUT2D eigenvalue weighted by Crippen LogP contribution is 2.30. The van der Waals surface area contributed by atoms with Crippen LogP contribution in [0.25, 0.3) is 22.6 Å². The van der Waals surface area contributed by atoms with Gasteiger partial charge >= 0.3 is 0 Å². The molecule has 5 heteroatoms. The second-order valence-electron chi connectivity index (χ2n) is 5.56. The zero-order chi connectivity index (χ0) is 19.8. The number of aromatic hydroxyl groups is 1. The first-order valence-corrected chi connectivity index (χ1v) is 9.54. The molecule has 4 nitrogen and oxygen atoms in total. The number of aromatic nitrogens is 1. The zero-order valence-corrected chi connectivity index (χ0v) is 16.9. The molecule has 142 valence electrons. The minimum Gasteiger partial charge on any atom is -0.507 e. The molecule has 1 N–H and O–H groups in total. The number of fused-ring (bicyclic) bond motifs is 1. The lowest BCUT2D eigenvalue weighted by Crippen LogP contribution is -2.01. The third-order valence-corrected chi connectivity index (χ3v) is 4.04. The number of phenolic OH excluding ortho intramolecular Hbond substituents is 1. The second-order valence-corrected chi connectivity index (χ2v) is 5.99. The van der Waals surface area contributed by atoms with Crippen molar-refractivity contribution in [1.82, 2.24) is 4.98 Å². The Morgan fingerprint density at radius 2 is 2.00 bits per heavy atom. The van der Waals surface area contributed by atoms with Gasteiger partial charge in [0.05, 0.1) is 0 Å². The Morgan fingerprint density at radius 1 is 1.22 bits per heavy atom. The molecule has 0 radical (unpaired) electrons. The van der Waals surface area contributed by atoms with Crippen LogP contribution in [-0.2, 0) is 0 Å². The molecular formula is C22H25ClN2O2. The van der Waals surface area contributed by atoms with E-state index in [1.807, 2.05) is 52.0 Å². The molecule has 1 aromatic heterocycles. The Hall–Kier alpha value is -2.59. The predicted molar refractivity (Wildman–Crippen MR) is 114 cm³/mol. The predicted octanol–water partition coefficient (Wildman–Crippen LogP) is 6.66. The zero-order valence-electron chi connectivity index (χ0n) is 16.2. The van der Waals surface area contributed by atoms with Gasteiger partial charge in [0.25, 0.3) is 0 Å². The van der Waals surface area contributed by atoms with E-state index in [-0.39, 0.29) is 5.75 Å². The molecule has 0 fully saturated rings. The van der Waals surface area contributed by atoms with Crippen molar-refractivity contribution in [3.63, 3.8) is 0 Å². The van der Waals surface area contributed by atoms with Gasteiger partial charge in [0.2, 0.25) is 5.89 Å². The summed E-state index contributed by atoms with van der Waals surface area (Å²) in [5.41, 5.74) is 3.63. The van der Waals surface area contributed by atoms with Crippen molar-refractivity contribution in [2.75, 3.05) is 6.54 Å². The Kier molecular flexibility index (Phi) is 7.62. The summed E-state index contributed by atoms with van der Waals surface area (Å²) < 4.78 is 5.75. The van der Waals surface area contributed by atoms with Crippen LogP contribution >= 0.6 is 11.6 Å². The van der Waals surface area contributed by atoms with Crippen LogP contribution in [-0.4, -0.2) is 22.3 Å². The van der Waals surface area contributed by atoms with Gasteiger partial charge in [-0.05, 0) is 50.2 Å². The number of phenols is 1. The first-order chi connectivity index (χ1) is 13.1. The van der Waals surface area contributed by atoms with Crippen molar-refractivity contribution in [2.45, 2.75) is 34.1 Å². The van der Waals surface area contributed by atoms with Crippen LogP contribution in [0.2, 0.25) is 5.02 Å². The van der Waals surface area contributed by atoms with E-state index >= 15 is 0 Å². The summed E-state index contributed by atoms with van der Waals surface area (Å²) in [7, 11) is 0. The Morgan fingerprint density at radius 3 is 2.67 bits per heavy atom. The molecule has 2 aromatic carbocycles. The van der Waals surface area contributed by atoms with Crippen LogP contribution in [0.1, 0.15) is 39.7 Å². The molecule has 27 heavy (non-hydrogen) atoms. The van der Waals surface area contributed by atoms with Gasteiger partial charge in [-0.15, -0.1) is 0 Å². The molecule has 0 saturated heterocycles. The summed E-state index contributed by atoms with van der Waals surface area (Å²) >= 11 is 5.99. The molecule has 1 heterocycles. The molecule has 0 bridgehead atoms. The highest BCUT2D eigenvalue weighted by atomic mass is 35.5. The number of aliphatic imine (C=N–C) groups is 1. The summed E-state index contributed by atoms with van der Waals surface area (Å²) in [6, 6.07) is 10.7. The lowest BCUT2D eigenvalue weighted by atomic mass is 10.0. The van der Waals surface area contributed by atoms with Crippen LogP contribution < -0.4 is 0 Å². The number of hydrogen-bond donors (Lipinski definition) is 1. The Labute approximate surface area is 165 Å². The third kappa shape index (κ3) is 4.98. The number of benzene rings is 2. The molecule has 0 amide bonds. The van der Waals surface area contributed by atoms with Gasteiger partial charge in [0, 0.05) is 34.8 Å². The average Bonchev–Trinajstić information content (AvgIpc) is 3.10. The Bertz CT molecular complexity index is 958. The van der Waals surface area contributed by atoms with Gasteiger partial charge < -0.3 is 9.52 Å². The van der Waals surface area contributed by atoms with Crippen LogP contribution in [0, 0.1) is 0 Å². The van der Waals surface area contributed by atoms with Crippen LogP contribution in [0.3, 0.4) is 0 Å². The molecule has 0 aliphatic carbocycles. The maximum atomic E-state index is 10.5. The van der Waals surface area contributed by atoms with Crippen molar-refractivity contribution in [3.8, 4) is 17.2 Å². The van der Waals surface area contributed by atoms with E-state index in [0.717, 1.165) is 11.3 Å². The van der Waals surface area contributed by atoms with Gasteiger partial charge in [-0.1, -0.05) is 37.6 Å². The van der Waals surface area contributed by atoms with Crippen molar-refractivity contribution in [3.05, 3.63) is 59.1 Å². The standard InChI is InChI=1S/C20H19ClN2O2.C2H6/c1-3-5-6-16(22-4-2)15-9-7-13(11-18(15)24)20-23-17-12-14(21)8-10-19(17)25-20;1-2/h3,5,7-12,24H,4,6H2,1-2H3;1-2H3/b5-3-,22-16?;.